The van der Waals surface area contributed by atoms with Gasteiger partial charge in [0.1, 0.15) is 5.60 Å². The molecule has 0 aromatic heterocycles. The van der Waals surface area contributed by atoms with Crippen LogP contribution in [0.15, 0.2) is 24.3 Å². The number of nitrogens with zero attached hydrogens (tertiary/aromatic N) is 2. The molecule has 104 valence electrons. The van der Waals surface area contributed by atoms with Crippen LogP contribution < -0.4 is 10.9 Å². The molecule has 1 amide bonds. The average Bonchev–Trinajstić information content (AvgIpc) is 2.35. The standard InChI is InChI=1S/C14H21N3O2/c1-14(2,3)19-13(18)17(15)16-10-6-8-11-7-4-5-9-12(11)16/h4-5,7,9H,6,8,10,15H2,1-3H3. The highest BCUT2D eigenvalue weighted by Gasteiger charge is 2.27. The predicted molar refractivity (Wildman–Crippen MR) is 74.4 cm³/mol. The van der Waals surface area contributed by atoms with Gasteiger partial charge in [-0.15, -0.1) is 5.12 Å². The number of aryl methyl sites for hydroxylation is 1. The number of amides is 1. The monoisotopic (exact) mass is 263 g/mol. The number of hydrogen-bond donors (Lipinski definition) is 1. The highest BCUT2D eigenvalue weighted by Crippen LogP contribution is 2.27. The van der Waals surface area contributed by atoms with E-state index in [4.69, 9.17) is 10.6 Å². The predicted octanol–water partition coefficient (Wildman–Crippen LogP) is 2.47. The Balaban J connectivity index is 2.17. The van der Waals surface area contributed by atoms with Crippen molar-refractivity contribution in [3.8, 4) is 0 Å². The van der Waals surface area contributed by atoms with Crippen molar-refractivity contribution in [3.63, 3.8) is 0 Å². The number of nitrogens with two attached hydrogens (primary N) is 1. The fraction of sp³-hybridized carbons (Fsp3) is 0.500. The minimum Gasteiger partial charge on any atom is -0.441 e. The second-order valence-electron chi connectivity index (χ2n) is 5.68. The summed E-state index contributed by atoms with van der Waals surface area (Å²) in [7, 11) is 0. The minimum absolute atomic E-state index is 0.538. The summed E-state index contributed by atoms with van der Waals surface area (Å²) < 4.78 is 5.29. The normalized spacial score (nSPS) is 14.8. The van der Waals surface area contributed by atoms with Crippen LogP contribution in [0.5, 0.6) is 0 Å². The first kappa shape index (κ1) is 13.7. The molecule has 5 heteroatoms. The van der Waals surface area contributed by atoms with Crippen molar-refractivity contribution < 1.29 is 9.53 Å². The highest BCUT2D eigenvalue weighted by atomic mass is 16.6. The third kappa shape index (κ3) is 3.17. The van der Waals surface area contributed by atoms with E-state index >= 15 is 0 Å². The molecule has 0 saturated carbocycles. The molecule has 0 bridgehead atoms. The summed E-state index contributed by atoms with van der Waals surface area (Å²) in [5.41, 5.74) is 1.62. The summed E-state index contributed by atoms with van der Waals surface area (Å²) in [5, 5.41) is 2.84. The number of hydrazine groups is 2. The highest BCUT2D eigenvalue weighted by molar-refractivity contribution is 5.71. The number of anilines is 1. The molecule has 0 fully saturated rings. The number of rotatable bonds is 1. The number of carbonyl (C=O) groups excluding carboxylic acids is 1. The maximum Gasteiger partial charge on any atom is 0.444 e. The maximum absolute atomic E-state index is 12.0. The molecule has 2 N–H and O–H groups in total. The van der Waals surface area contributed by atoms with Crippen molar-refractivity contribution in [3.05, 3.63) is 29.8 Å². The number of fused-ring (bicyclic) bond motifs is 1. The lowest BCUT2D eigenvalue weighted by Gasteiger charge is -2.37. The van der Waals surface area contributed by atoms with Crippen molar-refractivity contribution >= 4 is 11.8 Å². The molecule has 1 aromatic carbocycles. The molecular weight excluding hydrogens is 242 g/mol. The molecule has 0 unspecified atom stereocenters. The number of carbonyl (C=O) groups is 1. The van der Waals surface area contributed by atoms with Gasteiger partial charge in [-0.05, 0) is 45.2 Å². The second-order valence-corrected chi connectivity index (χ2v) is 5.68. The van der Waals surface area contributed by atoms with Crippen molar-refractivity contribution in [1.29, 1.82) is 0 Å². The Hall–Kier alpha value is -1.75. The van der Waals surface area contributed by atoms with E-state index in [1.165, 1.54) is 5.56 Å². The Kier molecular flexibility index (Phi) is 3.66. The minimum atomic E-state index is -0.552. The lowest BCUT2D eigenvalue weighted by molar-refractivity contribution is 0.0218. The number of para-hydroxylation sites is 1. The van der Waals surface area contributed by atoms with Crippen LogP contribution in [0.25, 0.3) is 0 Å². The van der Waals surface area contributed by atoms with E-state index in [0.29, 0.717) is 6.54 Å². The van der Waals surface area contributed by atoms with Crippen LogP contribution in [0, 0.1) is 0 Å². The molecule has 0 radical (unpaired) electrons. The van der Waals surface area contributed by atoms with Crippen molar-refractivity contribution in [2.24, 2.45) is 5.84 Å². The van der Waals surface area contributed by atoms with E-state index in [1.807, 2.05) is 39.0 Å². The van der Waals surface area contributed by atoms with E-state index < -0.39 is 11.7 Å². The summed E-state index contributed by atoms with van der Waals surface area (Å²) in [6.07, 6.45) is 1.44. The average molecular weight is 263 g/mol. The van der Waals surface area contributed by atoms with Gasteiger partial charge >= 0.3 is 6.09 Å². The molecular formula is C14H21N3O2. The van der Waals surface area contributed by atoms with Crippen LogP contribution in [-0.4, -0.2) is 23.4 Å². The first-order valence-corrected chi connectivity index (χ1v) is 6.51. The van der Waals surface area contributed by atoms with Gasteiger partial charge in [0.2, 0.25) is 0 Å². The molecule has 19 heavy (non-hydrogen) atoms. The van der Waals surface area contributed by atoms with Gasteiger partial charge in [0.25, 0.3) is 0 Å². The Morgan fingerprint density at radius 3 is 2.74 bits per heavy atom. The van der Waals surface area contributed by atoms with Gasteiger partial charge in [0, 0.05) is 6.54 Å². The summed E-state index contributed by atoms with van der Waals surface area (Å²) >= 11 is 0. The summed E-state index contributed by atoms with van der Waals surface area (Å²) in [6.45, 7) is 6.18. The molecule has 0 saturated heterocycles. The third-order valence-corrected chi connectivity index (χ3v) is 2.93. The zero-order chi connectivity index (χ0) is 14.0. The largest absolute Gasteiger partial charge is 0.444 e. The van der Waals surface area contributed by atoms with Gasteiger partial charge in [0.05, 0.1) is 5.69 Å². The van der Waals surface area contributed by atoms with Gasteiger partial charge in [-0.2, -0.15) is 0 Å². The lowest BCUT2D eigenvalue weighted by atomic mass is 10.0. The molecule has 1 heterocycles. The van der Waals surface area contributed by atoms with Crippen molar-refractivity contribution in [2.45, 2.75) is 39.2 Å². The zero-order valence-electron chi connectivity index (χ0n) is 11.7. The van der Waals surface area contributed by atoms with Gasteiger partial charge in [-0.25, -0.2) is 10.6 Å². The van der Waals surface area contributed by atoms with E-state index in [-0.39, 0.29) is 0 Å². The van der Waals surface area contributed by atoms with E-state index in [1.54, 1.807) is 5.01 Å². The topological polar surface area (TPSA) is 58.8 Å². The maximum atomic E-state index is 12.0. The molecule has 1 aromatic rings. The molecule has 0 spiro atoms. The Bertz CT molecular complexity index is 468. The van der Waals surface area contributed by atoms with E-state index in [0.717, 1.165) is 23.6 Å². The van der Waals surface area contributed by atoms with Crippen LogP contribution in [0.3, 0.4) is 0 Å². The van der Waals surface area contributed by atoms with Crippen LogP contribution in [0.2, 0.25) is 0 Å². The Morgan fingerprint density at radius 2 is 2.05 bits per heavy atom. The Labute approximate surface area is 113 Å². The van der Waals surface area contributed by atoms with Gasteiger partial charge in [-0.1, -0.05) is 18.2 Å². The van der Waals surface area contributed by atoms with Crippen LogP contribution in [-0.2, 0) is 11.2 Å². The molecule has 1 aliphatic rings. The van der Waals surface area contributed by atoms with E-state index in [2.05, 4.69) is 6.07 Å². The van der Waals surface area contributed by atoms with Gasteiger partial charge in [-0.3, -0.25) is 5.01 Å². The number of benzene rings is 1. The number of ether oxygens (including phenoxy) is 1. The van der Waals surface area contributed by atoms with Crippen molar-refractivity contribution in [1.82, 2.24) is 5.12 Å². The van der Waals surface area contributed by atoms with E-state index in [9.17, 15) is 4.79 Å². The Morgan fingerprint density at radius 1 is 1.37 bits per heavy atom. The van der Waals surface area contributed by atoms with Crippen molar-refractivity contribution in [2.75, 3.05) is 11.6 Å². The fourth-order valence-corrected chi connectivity index (χ4v) is 2.14. The van der Waals surface area contributed by atoms with Gasteiger partial charge < -0.3 is 4.74 Å². The second kappa shape index (κ2) is 5.09. The molecule has 2 rings (SSSR count). The quantitative estimate of drug-likeness (QED) is 0.480. The zero-order valence-corrected chi connectivity index (χ0v) is 11.7. The van der Waals surface area contributed by atoms with Crippen LogP contribution >= 0.6 is 0 Å². The molecule has 5 nitrogen and oxygen atoms in total. The fourth-order valence-electron chi connectivity index (χ4n) is 2.14. The third-order valence-electron chi connectivity index (χ3n) is 2.93. The number of hydrogen-bond acceptors (Lipinski definition) is 4. The summed E-state index contributed by atoms with van der Waals surface area (Å²) in [5.74, 6) is 5.90. The molecule has 0 aliphatic carbocycles. The summed E-state index contributed by atoms with van der Waals surface area (Å²) in [6, 6.07) is 7.97. The summed E-state index contributed by atoms with van der Waals surface area (Å²) in [4.78, 5) is 12.0. The lowest BCUT2D eigenvalue weighted by Crippen LogP contribution is -2.54. The van der Waals surface area contributed by atoms with Crippen LogP contribution in [0.4, 0.5) is 10.5 Å². The molecule has 0 atom stereocenters. The smallest absolute Gasteiger partial charge is 0.441 e. The van der Waals surface area contributed by atoms with Crippen LogP contribution in [0.1, 0.15) is 32.8 Å². The molecule has 1 aliphatic heterocycles. The SMILES string of the molecule is CC(C)(C)OC(=O)N(N)N1CCCc2ccccc21. The van der Waals surface area contributed by atoms with Gasteiger partial charge in [0.15, 0.2) is 0 Å². The first-order valence-electron chi connectivity index (χ1n) is 6.51. The first-order chi connectivity index (χ1) is 8.88.